The summed E-state index contributed by atoms with van der Waals surface area (Å²) in [6.07, 6.45) is 0.805. The molecular formula is C20H21N3O4. The summed E-state index contributed by atoms with van der Waals surface area (Å²) in [5.74, 6) is -0.124. The first-order valence-electron chi connectivity index (χ1n) is 8.61. The lowest BCUT2D eigenvalue weighted by Crippen LogP contribution is -2.20. The molecule has 0 fully saturated rings. The second kappa shape index (κ2) is 7.90. The molecule has 1 heterocycles. The standard InChI is InChI=1S/C20H21N3O4/c1-4-13-7-5-6-12(2)18(13)22-17(24)11-27-23-19-15-10-14(26-3)8-9-16(15)21-20(19)25/h5-10H,4,11H2,1-3H3,(H,22,24)(H,21,23,25). The van der Waals surface area contributed by atoms with Gasteiger partial charge in [0.25, 0.3) is 11.8 Å². The number of benzene rings is 2. The number of oxime groups is 1. The Morgan fingerprint density at radius 1 is 1.26 bits per heavy atom. The summed E-state index contributed by atoms with van der Waals surface area (Å²) in [6, 6.07) is 11.0. The van der Waals surface area contributed by atoms with Crippen molar-refractivity contribution in [2.24, 2.45) is 5.16 Å². The number of para-hydroxylation sites is 1. The summed E-state index contributed by atoms with van der Waals surface area (Å²) in [6.45, 7) is 3.66. The van der Waals surface area contributed by atoms with Crippen molar-refractivity contribution in [1.82, 2.24) is 0 Å². The van der Waals surface area contributed by atoms with E-state index in [0.29, 0.717) is 17.0 Å². The number of hydrogen-bond acceptors (Lipinski definition) is 5. The van der Waals surface area contributed by atoms with Gasteiger partial charge in [-0.15, -0.1) is 0 Å². The van der Waals surface area contributed by atoms with Gasteiger partial charge in [0, 0.05) is 11.3 Å². The predicted octanol–water partition coefficient (Wildman–Crippen LogP) is 2.88. The van der Waals surface area contributed by atoms with Crippen LogP contribution in [-0.4, -0.2) is 31.2 Å². The zero-order valence-corrected chi connectivity index (χ0v) is 15.5. The topological polar surface area (TPSA) is 89.0 Å². The lowest BCUT2D eigenvalue weighted by molar-refractivity contribution is -0.120. The number of ether oxygens (including phenoxy) is 1. The first-order valence-corrected chi connectivity index (χ1v) is 8.61. The summed E-state index contributed by atoms with van der Waals surface area (Å²) in [5.41, 5.74) is 4.12. The molecule has 0 radical (unpaired) electrons. The number of rotatable bonds is 6. The van der Waals surface area contributed by atoms with Gasteiger partial charge in [-0.25, -0.2) is 0 Å². The van der Waals surface area contributed by atoms with Crippen LogP contribution >= 0.6 is 0 Å². The average molecular weight is 367 g/mol. The zero-order valence-electron chi connectivity index (χ0n) is 15.5. The van der Waals surface area contributed by atoms with Crippen molar-refractivity contribution >= 4 is 28.9 Å². The van der Waals surface area contributed by atoms with Crippen molar-refractivity contribution in [3.63, 3.8) is 0 Å². The van der Waals surface area contributed by atoms with Crippen molar-refractivity contribution in [2.75, 3.05) is 24.4 Å². The highest BCUT2D eigenvalue weighted by atomic mass is 16.6. The SMILES string of the molecule is CCc1cccc(C)c1NC(=O)CON=C1C(=O)Nc2ccc(OC)cc21. The van der Waals surface area contributed by atoms with E-state index in [-0.39, 0.29) is 24.1 Å². The smallest absolute Gasteiger partial charge is 0.278 e. The third-order valence-electron chi connectivity index (χ3n) is 4.30. The molecule has 0 bridgehead atoms. The lowest BCUT2D eigenvalue weighted by atomic mass is 10.1. The van der Waals surface area contributed by atoms with E-state index in [1.807, 2.05) is 32.0 Å². The molecule has 2 aromatic rings. The summed E-state index contributed by atoms with van der Waals surface area (Å²) in [4.78, 5) is 29.4. The number of nitrogens with zero attached hydrogens (tertiary/aromatic N) is 1. The fourth-order valence-electron chi connectivity index (χ4n) is 2.88. The molecule has 0 saturated carbocycles. The lowest BCUT2D eigenvalue weighted by Gasteiger charge is -2.12. The number of amides is 2. The van der Waals surface area contributed by atoms with E-state index in [0.717, 1.165) is 23.2 Å². The van der Waals surface area contributed by atoms with E-state index in [2.05, 4.69) is 15.8 Å². The Hall–Kier alpha value is -3.35. The van der Waals surface area contributed by atoms with E-state index in [1.54, 1.807) is 25.3 Å². The van der Waals surface area contributed by atoms with Crippen LogP contribution in [0, 0.1) is 6.92 Å². The highest BCUT2D eigenvalue weighted by Gasteiger charge is 2.27. The Kier molecular flexibility index (Phi) is 5.40. The highest BCUT2D eigenvalue weighted by molar-refractivity contribution is 6.53. The molecule has 0 aliphatic carbocycles. The maximum absolute atomic E-state index is 12.2. The summed E-state index contributed by atoms with van der Waals surface area (Å²) < 4.78 is 5.17. The van der Waals surface area contributed by atoms with Gasteiger partial charge < -0.3 is 20.2 Å². The minimum absolute atomic E-state index is 0.113. The molecular weight excluding hydrogens is 346 g/mol. The molecule has 2 N–H and O–H groups in total. The number of carbonyl (C=O) groups is 2. The molecule has 2 aromatic carbocycles. The molecule has 0 saturated heterocycles. The van der Waals surface area contributed by atoms with E-state index >= 15 is 0 Å². The molecule has 1 aliphatic heterocycles. The second-order valence-electron chi connectivity index (χ2n) is 6.09. The molecule has 2 amide bonds. The number of hydrogen-bond donors (Lipinski definition) is 2. The van der Waals surface area contributed by atoms with Crippen LogP contribution in [0.5, 0.6) is 5.75 Å². The van der Waals surface area contributed by atoms with Crippen LogP contribution in [0.4, 0.5) is 11.4 Å². The van der Waals surface area contributed by atoms with Gasteiger partial charge in [0.15, 0.2) is 12.3 Å². The van der Waals surface area contributed by atoms with E-state index in [1.165, 1.54) is 0 Å². The van der Waals surface area contributed by atoms with Crippen molar-refractivity contribution < 1.29 is 19.2 Å². The Morgan fingerprint density at radius 3 is 2.81 bits per heavy atom. The van der Waals surface area contributed by atoms with Crippen molar-refractivity contribution in [3.05, 3.63) is 53.1 Å². The molecule has 7 heteroatoms. The van der Waals surface area contributed by atoms with E-state index in [9.17, 15) is 9.59 Å². The van der Waals surface area contributed by atoms with Crippen LogP contribution in [0.3, 0.4) is 0 Å². The minimum atomic E-state index is -0.383. The average Bonchev–Trinajstić information content (AvgIpc) is 2.98. The fraction of sp³-hybridized carbons (Fsp3) is 0.250. The molecule has 27 heavy (non-hydrogen) atoms. The van der Waals surface area contributed by atoms with E-state index in [4.69, 9.17) is 9.57 Å². The normalized spacial score (nSPS) is 13.9. The second-order valence-corrected chi connectivity index (χ2v) is 6.09. The Labute approximate surface area is 157 Å². The largest absolute Gasteiger partial charge is 0.497 e. The van der Waals surface area contributed by atoms with E-state index < -0.39 is 0 Å². The van der Waals surface area contributed by atoms with Gasteiger partial charge in [0.05, 0.1) is 12.8 Å². The minimum Gasteiger partial charge on any atom is -0.497 e. The number of nitrogens with one attached hydrogen (secondary N) is 2. The van der Waals surface area contributed by atoms with Crippen molar-refractivity contribution in [1.29, 1.82) is 0 Å². The van der Waals surface area contributed by atoms with Gasteiger partial charge in [-0.3, -0.25) is 9.59 Å². The van der Waals surface area contributed by atoms with Gasteiger partial charge in [-0.05, 0) is 42.7 Å². The fourth-order valence-corrected chi connectivity index (χ4v) is 2.88. The van der Waals surface area contributed by atoms with Gasteiger partial charge in [0.2, 0.25) is 0 Å². The number of aryl methyl sites for hydroxylation is 2. The van der Waals surface area contributed by atoms with Crippen LogP contribution in [0.1, 0.15) is 23.6 Å². The van der Waals surface area contributed by atoms with Crippen LogP contribution in [0.25, 0.3) is 0 Å². The van der Waals surface area contributed by atoms with Gasteiger partial charge >= 0.3 is 0 Å². The zero-order chi connectivity index (χ0) is 19.4. The molecule has 0 aromatic heterocycles. The van der Waals surface area contributed by atoms with Crippen molar-refractivity contribution in [2.45, 2.75) is 20.3 Å². The Balaban J connectivity index is 1.68. The third kappa shape index (κ3) is 3.92. The summed E-state index contributed by atoms with van der Waals surface area (Å²) in [7, 11) is 1.54. The number of carbonyl (C=O) groups excluding carboxylic acids is 2. The summed E-state index contributed by atoms with van der Waals surface area (Å²) >= 11 is 0. The molecule has 0 spiro atoms. The quantitative estimate of drug-likeness (QED) is 0.769. The van der Waals surface area contributed by atoms with Crippen LogP contribution in [0.15, 0.2) is 41.6 Å². The van der Waals surface area contributed by atoms with Gasteiger partial charge in [-0.1, -0.05) is 30.3 Å². The van der Waals surface area contributed by atoms with Crippen molar-refractivity contribution in [3.8, 4) is 5.75 Å². The van der Waals surface area contributed by atoms with Crippen LogP contribution < -0.4 is 15.4 Å². The first-order chi connectivity index (χ1) is 13.0. The van der Waals surface area contributed by atoms with Gasteiger partial charge in [0.1, 0.15) is 5.75 Å². The third-order valence-corrected chi connectivity index (χ3v) is 4.30. The summed E-state index contributed by atoms with van der Waals surface area (Å²) in [5, 5.41) is 9.40. The Morgan fingerprint density at radius 2 is 2.07 bits per heavy atom. The number of fused-ring (bicyclic) bond motifs is 1. The first kappa shape index (κ1) is 18.4. The highest BCUT2D eigenvalue weighted by Crippen LogP contribution is 2.27. The molecule has 3 rings (SSSR count). The molecule has 1 aliphatic rings. The molecule has 140 valence electrons. The van der Waals surface area contributed by atoms with Crippen LogP contribution in [-0.2, 0) is 20.8 Å². The van der Waals surface area contributed by atoms with Gasteiger partial charge in [-0.2, -0.15) is 0 Å². The maximum Gasteiger partial charge on any atom is 0.278 e. The van der Waals surface area contributed by atoms with Crippen LogP contribution in [0.2, 0.25) is 0 Å². The molecule has 0 unspecified atom stereocenters. The molecule has 7 nitrogen and oxygen atoms in total. The maximum atomic E-state index is 12.2. The predicted molar refractivity (Wildman–Crippen MR) is 103 cm³/mol. The Bertz CT molecular complexity index is 921. The number of methoxy groups -OCH3 is 1. The number of anilines is 2. The molecule has 0 atom stereocenters. The monoisotopic (exact) mass is 367 g/mol.